The number of carbonyl (C=O) groups excluding carboxylic acids is 1. The van der Waals surface area contributed by atoms with Crippen LogP contribution in [-0.2, 0) is 23.5 Å². The predicted molar refractivity (Wildman–Crippen MR) is 96.5 cm³/mol. The molecule has 1 N–H and O–H groups in total. The summed E-state index contributed by atoms with van der Waals surface area (Å²) in [6.45, 7) is -1.13. The second-order valence-corrected chi connectivity index (χ2v) is 7.35. The highest BCUT2D eigenvalue weighted by molar-refractivity contribution is 7.98. The Morgan fingerprint density at radius 3 is 2.78 bits per heavy atom. The maximum Gasteiger partial charge on any atom is 0.406 e. The minimum atomic E-state index is -4.34. The fourth-order valence-corrected chi connectivity index (χ4v) is 3.86. The number of rotatable bonds is 7. The van der Waals surface area contributed by atoms with Crippen LogP contribution in [0.15, 0.2) is 47.2 Å². The number of hydrogen-bond donors (Lipinski definition) is 1. The lowest BCUT2D eigenvalue weighted by Gasteiger charge is -2.08. The lowest BCUT2D eigenvalue weighted by atomic mass is 10.3. The van der Waals surface area contributed by atoms with Crippen LogP contribution in [0.4, 0.5) is 18.9 Å². The first-order valence-electron chi connectivity index (χ1n) is 7.74. The van der Waals surface area contributed by atoms with Crippen molar-refractivity contribution in [1.82, 2.24) is 19.7 Å². The number of para-hydroxylation sites is 1. The maximum absolute atomic E-state index is 12.5. The highest BCUT2D eigenvalue weighted by Gasteiger charge is 2.29. The number of alkyl halides is 3. The number of anilines is 1. The molecule has 0 bridgehead atoms. The number of carbonyl (C=O) groups is 1. The van der Waals surface area contributed by atoms with Gasteiger partial charge in [0.15, 0.2) is 5.16 Å². The number of benzene rings is 1. The average molecular weight is 413 g/mol. The van der Waals surface area contributed by atoms with Gasteiger partial charge in [0.1, 0.15) is 17.9 Å². The predicted octanol–water partition coefficient (Wildman–Crippen LogP) is 3.77. The number of thiazole rings is 1. The summed E-state index contributed by atoms with van der Waals surface area (Å²) >= 11 is 2.45. The summed E-state index contributed by atoms with van der Waals surface area (Å²) in [5.41, 5.74) is 1.38. The summed E-state index contributed by atoms with van der Waals surface area (Å²) in [6.07, 6.45) is -3.15. The fraction of sp³-hybridized carbons (Fsp3) is 0.250. The molecule has 2 aromatic heterocycles. The molecular weight excluding hydrogens is 399 g/mol. The second kappa shape index (κ2) is 8.53. The number of halogens is 3. The van der Waals surface area contributed by atoms with E-state index in [1.807, 2.05) is 18.2 Å². The van der Waals surface area contributed by atoms with Crippen LogP contribution in [0.25, 0.3) is 0 Å². The Hall–Kier alpha value is -2.40. The topological polar surface area (TPSA) is 72.7 Å². The van der Waals surface area contributed by atoms with Gasteiger partial charge in [-0.05, 0) is 12.1 Å². The molecule has 0 fully saturated rings. The van der Waals surface area contributed by atoms with Gasteiger partial charge in [0.2, 0.25) is 5.91 Å². The summed E-state index contributed by atoms with van der Waals surface area (Å²) in [6, 6.07) is 9.09. The van der Waals surface area contributed by atoms with Crippen LogP contribution in [0.3, 0.4) is 0 Å². The summed E-state index contributed by atoms with van der Waals surface area (Å²) in [5.74, 6) is 0.160. The Kier molecular flexibility index (Phi) is 6.11. The quantitative estimate of drug-likeness (QED) is 0.597. The average Bonchev–Trinajstić information content (AvgIpc) is 3.21. The Balaban J connectivity index is 1.53. The van der Waals surface area contributed by atoms with Gasteiger partial charge >= 0.3 is 6.18 Å². The Morgan fingerprint density at radius 2 is 2.04 bits per heavy atom. The van der Waals surface area contributed by atoms with E-state index >= 15 is 0 Å². The standard InChI is InChI=1S/C16H14F3N5OS2/c17-16(18,19)9-24-10-20-23-15(24)27-8-12-7-26-14(22-12)6-13(25)21-11-4-2-1-3-5-11/h1-5,7,10H,6,8-9H2,(H,21,25). The van der Waals surface area contributed by atoms with E-state index < -0.39 is 12.7 Å². The molecule has 0 spiro atoms. The zero-order valence-electron chi connectivity index (χ0n) is 13.8. The van der Waals surface area contributed by atoms with Gasteiger partial charge in [-0.2, -0.15) is 13.2 Å². The lowest BCUT2D eigenvalue weighted by molar-refractivity contribution is -0.142. The van der Waals surface area contributed by atoms with Crippen molar-refractivity contribution in [3.05, 3.63) is 52.7 Å². The Bertz CT molecular complexity index is 895. The molecule has 2 heterocycles. The second-order valence-electron chi connectivity index (χ2n) is 5.47. The van der Waals surface area contributed by atoms with Gasteiger partial charge in [-0.1, -0.05) is 30.0 Å². The zero-order chi connectivity index (χ0) is 19.3. The molecule has 0 aliphatic heterocycles. The van der Waals surface area contributed by atoms with Crippen molar-refractivity contribution in [3.63, 3.8) is 0 Å². The van der Waals surface area contributed by atoms with E-state index in [4.69, 9.17) is 0 Å². The fourth-order valence-electron chi connectivity index (χ4n) is 2.16. The molecule has 3 aromatic rings. The van der Waals surface area contributed by atoms with Crippen molar-refractivity contribution in [2.75, 3.05) is 5.32 Å². The lowest BCUT2D eigenvalue weighted by Crippen LogP contribution is -2.17. The number of amides is 1. The molecule has 1 amide bonds. The molecular formula is C16H14F3N5OS2. The Labute approximate surface area is 160 Å². The van der Waals surface area contributed by atoms with E-state index in [1.54, 1.807) is 17.5 Å². The molecule has 11 heteroatoms. The van der Waals surface area contributed by atoms with E-state index in [9.17, 15) is 18.0 Å². The molecule has 0 saturated carbocycles. The third kappa shape index (κ3) is 6.07. The summed E-state index contributed by atoms with van der Waals surface area (Å²) < 4.78 is 38.5. The first-order valence-corrected chi connectivity index (χ1v) is 9.61. The van der Waals surface area contributed by atoms with Gasteiger partial charge in [0.05, 0.1) is 12.1 Å². The summed E-state index contributed by atoms with van der Waals surface area (Å²) in [7, 11) is 0. The molecule has 0 saturated heterocycles. The molecule has 0 radical (unpaired) electrons. The van der Waals surface area contributed by atoms with Crippen molar-refractivity contribution < 1.29 is 18.0 Å². The minimum absolute atomic E-state index is 0.133. The maximum atomic E-state index is 12.5. The third-order valence-corrected chi connectivity index (χ3v) is 5.16. The molecule has 0 aliphatic rings. The largest absolute Gasteiger partial charge is 0.406 e. The van der Waals surface area contributed by atoms with Crippen LogP contribution in [0.5, 0.6) is 0 Å². The molecule has 0 unspecified atom stereocenters. The molecule has 6 nitrogen and oxygen atoms in total. The van der Waals surface area contributed by atoms with Gasteiger partial charge in [0, 0.05) is 16.8 Å². The van der Waals surface area contributed by atoms with Crippen LogP contribution >= 0.6 is 23.1 Å². The van der Waals surface area contributed by atoms with E-state index in [0.29, 0.717) is 22.1 Å². The third-order valence-electron chi connectivity index (χ3n) is 3.25. The smallest absolute Gasteiger partial charge is 0.326 e. The van der Waals surface area contributed by atoms with E-state index in [0.717, 1.165) is 22.7 Å². The number of nitrogens with zero attached hydrogens (tertiary/aromatic N) is 4. The molecule has 3 rings (SSSR count). The van der Waals surface area contributed by atoms with E-state index in [-0.39, 0.29) is 17.5 Å². The summed E-state index contributed by atoms with van der Waals surface area (Å²) in [5, 5.41) is 12.6. The molecule has 0 aliphatic carbocycles. The van der Waals surface area contributed by atoms with Gasteiger partial charge in [-0.3, -0.25) is 9.36 Å². The monoisotopic (exact) mass is 413 g/mol. The first-order chi connectivity index (χ1) is 12.9. The zero-order valence-corrected chi connectivity index (χ0v) is 15.4. The Morgan fingerprint density at radius 1 is 1.26 bits per heavy atom. The SMILES string of the molecule is O=C(Cc1nc(CSc2nncn2CC(F)(F)F)cs1)Nc1ccccc1. The number of nitrogens with one attached hydrogen (secondary N) is 1. The first kappa shape index (κ1) is 19.4. The van der Waals surface area contributed by atoms with Crippen LogP contribution < -0.4 is 5.32 Å². The minimum Gasteiger partial charge on any atom is -0.326 e. The van der Waals surface area contributed by atoms with Gasteiger partial charge in [0.25, 0.3) is 0 Å². The highest BCUT2D eigenvalue weighted by atomic mass is 32.2. The van der Waals surface area contributed by atoms with Crippen molar-refractivity contribution in [3.8, 4) is 0 Å². The van der Waals surface area contributed by atoms with Crippen LogP contribution in [0.2, 0.25) is 0 Å². The number of aromatic nitrogens is 4. The van der Waals surface area contributed by atoms with Gasteiger partial charge < -0.3 is 5.32 Å². The normalized spacial score (nSPS) is 11.5. The van der Waals surface area contributed by atoms with Crippen molar-refractivity contribution >= 4 is 34.7 Å². The highest BCUT2D eigenvalue weighted by Crippen LogP contribution is 2.25. The molecule has 1 aromatic carbocycles. The van der Waals surface area contributed by atoms with Gasteiger partial charge in [-0.15, -0.1) is 21.5 Å². The van der Waals surface area contributed by atoms with Crippen molar-refractivity contribution in [1.29, 1.82) is 0 Å². The van der Waals surface area contributed by atoms with Crippen molar-refractivity contribution in [2.45, 2.75) is 30.1 Å². The van der Waals surface area contributed by atoms with E-state index in [2.05, 4.69) is 20.5 Å². The van der Waals surface area contributed by atoms with Crippen molar-refractivity contribution in [2.24, 2.45) is 0 Å². The van der Waals surface area contributed by atoms with Crippen LogP contribution in [0.1, 0.15) is 10.7 Å². The summed E-state index contributed by atoms with van der Waals surface area (Å²) in [4.78, 5) is 16.4. The molecule has 142 valence electrons. The van der Waals surface area contributed by atoms with Gasteiger partial charge in [-0.25, -0.2) is 4.98 Å². The molecule has 27 heavy (non-hydrogen) atoms. The van der Waals surface area contributed by atoms with E-state index in [1.165, 1.54) is 11.3 Å². The van der Waals surface area contributed by atoms with Crippen LogP contribution in [-0.4, -0.2) is 31.8 Å². The number of thioether (sulfide) groups is 1. The van der Waals surface area contributed by atoms with Crippen LogP contribution in [0, 0.1) is 0 Å². The number of hydrogen-bond acceptors (Lipinski definition) is 6. The molecule has 0 atom stereocenters.